The molecule has 0 atom stereocenters. The van der Waals surface area contributed by atoms with Crippen molar-refractivity contribution in [1.29, 1.82) is 0 Å². The van der Waals surface area contributed by atoms with Crippen LogP contribution < -0.4 is 4.74 Å². The molecule has 0 radical (unpaired) electrons. The molecule has 94 valence electrons. The molecule has 1 aromatic carbocycles. The van der Waals surface area contributed by atoms with Crippen LogP contribution in [0.3, 0.4) is 0 Å². The minimum absolute atomic E-state index is 0.368. The van der Waals surface area contributed by atoms with Crippen molar-refractivity contribution >= 4 is 17.4 Å². The van der Waals surface area contributed by atoms with Crippen LogP contribution in [0.5, 0.6) is 5.75 Å². The van der Waals surface area contributed by atoms with Crippen LogP contribution in [0.2, 0.25) is 0 Å². The Balaban J connectivity index is 2.01. The van der Waals surface area contributed by atoms with E-state index in [4.69, 9.17) is 9.47 Å². The Morgan fingerprint density at radius 1 is 1.32 bits per heavy atom. The zero-order valence-electron chi connectivity index (χ0n) is 10.3. The third-order valence-corrected chi connectivity index (χ3v) is 2.63. The number of carbonyl (C=O) groups is 1. The molecule has 1 heterocycles. The van der Waals surface area contributed by atoms with Gasteiger partial charge >= 0.3 is 5.97 Å². The fourth-order valence-electron chi connectivity index (χ4n) is 1.86. The first-order chi connectivity index (χ1) is 9.22. The quantitative estimate of drug-likeness (QED) is 0.723. The van der Waals surface area contributed by atoms with Crippen LogP contribution in [-0.4, -0.2) is 11.7 Å². The van der Waals surface area contributed by atoms with Crippen LogP contribution in [0.4, 0.5) is 5.69 Å². The van der Waals surface area contributed by atoms with Crippen LogP contribution in [0.1, 0.15) is 6.92 Å². The van der Waals surface area contributed by atoms with E-state index < -0.39 is 0 Å². The van der Waals surface area contributed by atoms with Gasteiger partial charge in [-0.1, -0.05) is 18.2 Å². The Morgan fingerprint density at radius 2 is 2.16 bits per heavy atom. The second kappa shape index (κ2) is 4.57. The Kier molecular flexibility index (Phi) is 2.76. The Labute approximate surface area is 110 Å². The van der Waals surface area contributed by atoms with Crippen LogP contribution >= 0.6 is 0 Å². The SMILES string of the molecule is CC(=O)OC1=CC=CC2=Nc3ccccc3OC2=C1. The first-order valence-corrected chi connectivity index (χ1v) is 5.87. The minimum Gasteiger partial charge on any atom is -0.453 e. The van der Waals surface area contributed by atoms with E-state index in [0.717, 1.165) is 5.69 Å². The third-order valence-electron chi connectivity index (χ3n) is 2.63. The number of allylic oxidation sites excluding steroid dienone is 4. The number of nitrogens with zero attached hydrogens (tertiary/aromatic N) is 1. The van der Waals surface area contributed by atoms with Crippen LogP contribution in [0, 0.1) is 0 Å². The molecule has 3 rings (SSSR count). The minimum atomic E-state index is -0.368. The maximum Gasteiger partial charge on any atom is 0.308 e. The molecule has 0 amide bonds. The number of ether oxygens (including phenoxy) is 2. The second-order valence-electron chi connectivity index (χ2n) is 4.10. The van der Waals surface area contributed by atoms with Crippen molar-refractivity contribution in [3.05, 3.63) is 60.1 Å². The van der Waals surface area contributed by atoms with Crippen molar-refractivity contribution < 1.29 is 14.3 Å². The van der Waals surface area contributed by atoms with Gasteiger partial charge in [0.05, 0.1) is 0 Å². The average Bonchev–Trinajstić information content (AvgIpc) is 2.56. The molecule has 1 aromatic rings. The predicted octanol–water partition coefficient (Wildman–Crippen LogP) is 3.05. The summed E-state index contributed by atoms with van der Waals surface area (Å²) >= 11 is 0. The fourth-order valence-corrected chi connectivity index (χ4v) is 1.86. The van der Waals surface area contributed by atoms with Gasteiger partial charge in [0.2, 0.25) is 0 Å². The van der Waals surface area contributed by atoms with Gasteiger partial charge in [0.25, 0.3) is 0 Å². The Hall–Kier alpha value is -2.62. The molecule has 0 aromatic heterocycles. The van der Waals surface area contributed by atoms with Crippen molar-refractivity contribution in [2.45, 2.75) is 6.92 Å². The lowest BCUT2D eigenvalue weighted by Crippen LogP contribution is -2.11. The molecule has 0 unspecified atom stereocenters. The summed E-state index contributed by atoms with van der Waals surface area (Å²) in [5, 5.41) is 0. The number of hydrogen-bond acceptors (Lipinski definition) is 4. The summed E-state index contributed by atoms with van der Waals surface area (Å²) in [5.41, 5.74) is 1.49. The van der Waals surface area contributed by atoms with Crippen molar-refractivity contribution in [1.82, 2.24) is 0 Å². The third kappa shape index (κ3) is 2.33. The van der Waals surface area contributed by atoms with Crippen molar-refractivity contribution in [3.63, 3.8) is 0 Å². The summed E-state index contributed by atoms with van der Waals surface area (Å²) in [5.74, 6) is 1.33. The molecular formula is C15H11NO3. The fraction of sp³-hybridized carbons (Fsp3) is 0.0667. The monoisotopic (exact) mass is 253 g/mol. The van der Waals surface area contributed by atoms with Crippen molar-refractivity contribution in [2.24, 2.45) is 4.99 Å². The van der Waals surface area contributed by atoms with E-state index >= 15 is 0 Å². The lowest BCUT2D eigenvalue weighted by molar-refractivity contribution is -0.136. The number of hydrogen-bond donors (Lipinski definition) is 0. The standard InChI is InChI=1S/C15H11NO3/c1-10(17)18-11-5-4-7-13-15(9-11)19-14-8-3-2-6-12(14)16-13/h2-9H,1H3. The molecule has 0 bridgehead atoms. The van der Waals surface area contributed by atoms with Gasteiger partial charge < -0.3 is 9.47 Å². The molecule has 2 aliphatic rings. The zero-order valence-corrected chi connectivity index (χ0v) is 10.3. The molecule has 1 aliphatic carbocycles. The zero-order chi connectivity index (χ0) is 13.2. The average molecular weight is 253 g/mol. The van der Waals surface area contributed by atoms with Crippen LogP contribution in [-0.2, 0) is 9.53 Å². The summed E-state index contributed by atoms with van der Waals surface area (Å²) in [6.45, 7) is 1.36. The molecule has 0 N–H and O–H groups in total. The highest BCUT2D eigenvalue weighted by molar-refractivity contribution is 6.10. The maximum absolute atomic E-state index is 11.0. The van der Waals surface area contributed by atoms with E-state index in [1.807, 2.05) is 30.3 Å². The van der Waals surface area contributed by atoms with Crippen LogP contribution in [0.15, 0.2) is 65.1 Å². The molecule has 0 fully saturated rings. The molecule has 0 spiro atoms. The van der Waals surface area contributed by atoms with Gasteiger partial charge in [0.1, 0.15) is 17.2 Å². The normalized spacial score (nSPS) is 15.9. The van der Waals surface area contributed by atoms with E-state index in [2.05, 4.69) is 4.99 Å². The Bertz CT molecular complexity index is 666. The summed E-state index contributed by atoms with van der Waals surface area (Å²) in [7, 11) is 0. The molecule has 0 saturated heterocycles. The highest BCUT2D eigenvalue weighted by atomic mass is 16.5. The van der Waals surface area contributed by atoms with E-state index in [0.29, 0.717) is 23.0 Å². The van der Waals surface area contributed by atoms with Gasteiger partial charge in [-0.05, 0) is 24.3 Å². The molecule has 4 heteroatoms. The lowest BCUT2D eigenvalue weighted by Gasteiger charge is -2.17. The molecule has 1 aliphatic heterocycles. The smallest absolute Gasteiger partial charge is 0.308 e. The number of carbonyl (C=O) groups excluding carboxylic acids is 1. The number of para-hydroxylation sites is 2. The number of benzene rings is 1. The van der Waals surface area contributed by atoms with Gasteiger partial charge in [-0.15, -0.1) is 0 Å². The van der Waals surface area contributed by atoms with E-state index in [1.54, 1.807) is 18.2 Å². The van der Waals surface area contributed by atoms with Gasteiger partial charge in [0, 0.05) is 13.0 Å². The molecule has 19 heavy (non-hydrogen) atoms. The number of fused-ring (bicyclic) bond motifs is 2. The van der Waals surface area contributed by atoms with Crippen molar-refractivity contribution in [2.75, 3.05) is 0 Å². The van der Waals surface area contributed by atoms with Gasteiger partial charge in [-0.25, -0.2) is 4.99 Å². The lowest BCUT2D eigenvalue weighted by atomic mass is 10.2. The molecule has 0 saturated carbocycles. The number of esters is 1. The summed E-state index contributed by atoms with van der Waals surface area (Å²) in [6, 6.07) is 7.53. The molecular weight excluding hydrogens is 242 g/mol. The highest BCUT2D eigenvalue weighted by Gasteiger charge is 2.18. The second-order valence-corrected chi connectivity index (χ2v) is 4.10. The van der Waals surface area contributed by atoms with Gasteiger partial charge in [-0.3, -0.25) is 4.79 Å². The highest BCUT2D eigenvalue weighted by Crippen LogP contribution is 2.34. The van der Waals surface area contributed by atoms with Gasteiger partial charge in [-0.2, -0.15) is 0 Å². The largest absolute Gasteiger partial charge is 0.453 e. The summed E-state index contributed by atoms with van der Waals surface area (Å²) in [6.07, 6.45) is 6.95. The van der Waals surface area contributed by atoms with E-state index in [9.17, 15) is 4.79 Å². The first kappa shape index (κ1) is 11.5. The van der Waals surface area contributed by atoms with Crippen LogP contribution in [0.25, 0.3) is 0 Å². The van der Waals surface area contributed by atoms with Crippen molar-refractivity contribution in [3.8, 4) is 5.75 Å². The number of aliphatic imine (C=N–C) groups is 1. The Morgan fingerprint density at radius 3 is 3.00 bits per heavy atom. The van der Waals surface area contributed by atoms with E-state index in [1.165, 1.54) is 6.92 Å². The maximum atomic E-state index is 11.0. The molecule has 4 nitrogen and oxygen atoms in total. The first-order valence-electron chi connectivity index (χ1n) is 5.87. The van der Waals surface area contributed by atoms with E-state index in [-0.39, 0.29) is 5.97 Å². The predicted molar refractivity (Wildman–Crippen MR) is 71.2 cm³/mol. The summed E-state index contributed by atoms with van der Waals surface area (Å²) < 4.78 is 10.8. The summed E-state index contributed by atoms with van der Waals surface area (Å²) in [4.78, 5) is 15.5. The number of rotatable bonds is 1. The van der Waals surface area contributed by atoms with Gasteiger partial charge in [0.15, 0.2) is 11.5 Å². The topological polar surface area (TPSA) is 47.9 Å².